The third kappa shape index (κ3) is 3.11. The number of nitrogens with one attached hydrogen (secondary N) is 1. The SMILES string of the molecule is COc1ccc(C(=O)Nc2cc(Br)ccc2C)cc1N. The minimum absolute atomic E-state index is 0.208. The van der Waals surface area contributed by atoms with Crippen LogP contribution in [-0.4, -0.2) is 13.0 Å². The van der Waals surface area contributed by atoms with Gasteiger partial charge in [0, 0.05) is 15.7 Å². The van der Waals surface area contributed by atoms with E-state index in [4.69, 9.17) is 10.5 Å². The highest BCUT2D eigenvalue weighted by Gasteiger charge is 2.10. The number of aryl methyl sites for hydroxylation is 1. The minimum Gasteiger partial charge on any atom is -0.495 e. The van der Waals surface area contributed by atoms with Crippen LogP contribution in [0.25, 0.3) is 0 Å². The lowest BCUT2D eigenvalue weighted by Gasteiger charge is -2.10. The van der Waals surface area contributed by atoms with Gasteiger partial charge in [0.1, 0.15) is 5.75 Å². The van der Waals surface area contributed by atoms with E-state index in [-0.39, 0.29) is 5.91 Å². The molecule has 0 saturated heterocycles. The normalized spacial score (nSPS) is 10.2. The van der Waals surface area contributed by atoms with Gasteiger partial charge in [-0.15, -0.1) is 0 Å². The van der Waals surface area contributed by atoms with E-state index in [2.05, 4.69) is 21.2 Å². The number of ether oxygens (including phenoxy) is 1. The summed E-state index contributed by atoms with van der Waals surface area (Å²) >= 11 is 3.39. The standard InChI is InChI=1S/C15H15BrN2O2/c1-9-3-5-11(16)8-13(9)18-15(19)10-4-6-14(20-2)12(17)7-10/h3-8H,17H2,1-2H3,(H,18,19). The van der Waals surface area contributed by atoms with Gasteiger partial charge >= 0.3 is 0 Å². The van der Waals surface area contributed by atoms with Crippen molar-refractivity contribution in [2.24, 2.45) is 0 Å². The summed E-state index contributed by atoms with van der Waals surface area (Å²) in [5, 5.41) is 2.87. The maximum absolute atomic E-state index is 12.2. The summed E-state index contributed by atoms with van der Waals surface area (Å²) < 4.78 is 5.98. The molecular weight excluding hydrogens is 320 g/mol. The second-order valence-corrected chi connectivity index (χ2v) is 5.29. The number of anilines is 2. The topological polar surface area (TPSA) is 64.3 Å². The Morgan fingerprint density at radius 3 is 2.65 bits per heavy atom. The molecule has 0 spiro atoms. The molecule has 1 amide bonds. The molecule has 104 valence electrons. The Balaban J connectivity index is 2.24. The Morgan fingerprint density at radius 2 is 2.00 bits per heavy atom. The van der Waals surface area contributed by atoms with Crippen LogP contribution in [0.2, 0.25) is 0 Å². The molecule has 0 fully saturated rings. The molecule has 0 radical (unpaired) electrons. The lowest BCUT2D eigenvalue weighted by Crippen LogP contribution is -2.13. The van der Waals surface area contributed by atoms with E-state index in [1.54, 1.807) is 18.2 Å². The summed E-state index contributed by atoms with van der Waals surface area (Å²) in [6.45, 7) is 1.93. The third-order valence-corrected chi connectivity index (χ3v) is 3.43. The van der Waals surface area contributed by atoms with Crippen LogP contribution in [0.5, 0.6) is 5.75 Å². The minimum atomic E-state index is -0.208. The Labute approximate surface area is 126 Å². The number of rotatable bonds is 3. The van der Waals surface area contributed by atoms with E-state index >= 15 is 0 Å². The average Bonchev–Trinajstić information content (AvgIpc) is 2.42. The predicted octanol–water partition coefficient (Wildman–Crippen LogP) is 3.60. The number of carbonyl (C=O) groups excluding carboxylic acids is 1. The van der Waals surface area contributed by atoms with Gasteiger partial charge in [-0.1, -0.05) is 22.0 Å². The fraction of sp³-hybridized carbons (Fsp3) is 0.133. The van der Waals surface area contributed by atoms with Gasteiger partial charge in [-0.2, -0.15) is 0 Å². The molecule has 2 aromatic carbocycles. The van der Waals surface area contributed by atoms with Crippen molar-refractivity contribution in [2.75, 3.05) is 18.2 Å². The number of carbonyl (C=O) groups is 1. The molecule has 2 rings (SSSR count). The van der Waals surface area contributed by atoms with E-state index in [1.165, 1.54) is 7.11 Å². The first-order valence-electron chi connectivity index (χ1n) is 6.02. The van der Waals surface area contributed by atoms with E-state index in [0.717, 1.165) is 15.7 Å². The Bertz CT molecular complexity index is 656. The summed E-state index contributed by atoms with van der Waals surface area (Å²) in [5.74, 6) is 0.348. The maximum atomic E-state index is 12.2. The van der Waals surface area contributed by atoms with Gasteiger partial charge in [0.05, 0.1) is 12.8 Å². The Morgan fingerprint density at radius 1 is 1.25 bits per heavy atom. The van der Waals surface area contributed by atoms with E-state index in [9.17, 15) is 4.79 Å². The lowest BCUT2D eigenvalue weighted by atomic mass is 10.1. The molecule has 3 N–H and O–H groups in total. The van der Waals surface area contributed by atoms with Crippen molar-refractivity contribution in [3.05, 3.63) is 52.0 Å². The van der Waals surface area contributed by atoms with E-state index < -0.39 is 0 Å². The van der Waals surface area contributed by atoms with Crippen LogP contribution in [0.1, 0.15) is 15.9 Å². The van der Waals surface area contributed by atoms with Crippen LogP contribution < -0.4 is 15.8 Å². The number of nitrogen functional groups attached to an aromatic ring is 1. The molecular formula is C15H15BrN2O2. The molecule has 0 bridgehead atoms. The van der Waals surface area contributed by atoms with Gasteiger partial charge in [0.2, 0.25) is 0 Å². The molecule has 0 aliphatic carbocycles. The molecule has 0 unspecified atom stereocenters. The highest BCUT2D eigenvalue weighted by atomic mass is 79.9. The Hall–Kier alpha value is -2.01. The molecule has 0 heterocycles. The molecule has 4 nitrogen and oxygen atoms in total. The van der Waals surface area contributed by atoms with Gasteiger partial charge in [-0.05, 0) is 42.8 Å². The van der Waals surface area contributed by atoms with Crippen LogP contribution in [0.3, 0.4) is 0 Å². The summed E-state index contributed by atoms with van der Waals surface area (Å²) in [7, 11) is 1.54. The monoisotopic (exact) mass is 334 g/mol. The molecule has 0 saturated carbocycles. The summed E-state index contributed by atoms with van der Waals surface area (Å²) in [6, 6.07) is 10.7. The first-order chi connectivity index (χ1) is 9.51. The van der Waals surface area contributed by atoms with Gasteiger partial charge in [-0.3, -0.25) is 4.79 Å². The number of halogens is 1. The van der Waals surface area contributed by atoms with E-state index in [0.29, 0.717) is 17.0 Å². The molecule has 5 heteroatoms. The van der Waals surface area contributed by atoms with Crippen LogP contribution >= 0.6 is 15.9 Å². The zero-order valence-corrected chi connectivity index (χ0v) is 12.8. The fourth-order valence-electron chi connectivity index (χ4n) is 1.80. The maximum Gasteiger partial charge on any atom is 0.255 e. The van der Waals surface area contributed by atoms with Crippen LogP contribution in [0, 0.1) is 6.92 Å². The number of hydrogen-bond acceptors (Lipinski definition) is 3. The lowest BCUT2D eigenvalue weighted by molar-refractivity contribution is 0.102. The largest absolute Gasteiger partial charge is 0.495 e. The smallest absolute Gasteiger partial charge is 0.255 e. The number of benzene rings is 2. The van der Waals surface area contributed by atoms with Gasteiger partial charge in [-0.25, -0.2) is 0 Å². The summed E-state index contributed by atoms with van der Waals surface area (Å²) in [4.78, 5) is 12.2. The fourth-order valence-corrected chi connectivity index (χ4v) is 2.16. The van der Waals surface area contributed by atoms with Crippen molar-refractivity contribution >= 4 is 33.2 Å². The van der Waals surface area contributed by atoms with Crippen LogP contribution in [-0.2, 0) is 0 Å². The molecule has 0 aromatic heterocycles. The third-order valence-electron chi connectivity index (χ3n) is 2.94. The van der Waals surface area contributed by atoms with Gasteiger partial charge in [0.25, 0.3) is 5.91 Å². The zero-order chi connectivity index (χ0) is 14.7. The molecule has 0 aliphatic heterocycles. The molecule has 0 aliphatic rings. The van der Waals surface area contributed by atoms with Crippen molar-refractivity contribution in [1.82, 2.24) is 0 Å². The predicted molar refractivity (Wildman–Crippen MR) is 84.2 cm³/mol. The van der Waals surface area contributed by atoms with Crippen molar-refractivity contribution in [3.63, 3.8) is 0 Å². The van der Waals surface area contributed by atoms with Crippen molar-refractivity contribution < 1.29 is 9.53 Å². The van der Waals surface area contributed by atoms with Gasteiger partial charge in [0.15, 0.2) is 0 Å². The van der Waals surface area contributed by atoms with Crippen molar-refractivity contribution in [2.45, 2.75) is 6.92 Å². The van der Waals surface area contributed by atoms with Crippen molar-refractivity contribution in [3.8, 4) is 5.75 Å². The summed E-state index contributed by atoms with van der Waals surface area (Å²) in [6.07, 6.45) is 0. The molecule has 0 atom stereocenters. The number of amides is 1. The van der Waals surface area contributed by atoms with Crippen LogP contribution in [0.15, 0.2) is 40.9 Å². The van der Waals surface area contributed by atoms with Gasteiger partial charge < -0.3 is 15.8 Å². The Kier molecular flexibility index (Phi) is 4.29. The zero-order valence-electron chi connectivity index (χ0n) is 11.2. The highest BCUT2D eigenvalue weighted by molar-refractivity contribution is 9.10. The average molecular weight is 335 g/mol. The van der Waals surface area contributed by atoms with Crippen LogP contribution in [0.4, 0.5) is 11.4 Å². The first-order valence-corrected chi connectivity index (χ1v) is 6.81. The van der Waals surface area contributed by atoms with Crippen molar-refractivity contribution in [1.29, 1.82) is 0 Å². The number of nitrogens with two attached hydrogens (primary N) is 1. The first kappa shape index (κ1) is 14.4. The quantitative estimate of drug-likeness (QED) is 0.843. The number of hydrogen-bond donors (Lipinski definition) is 2. The highest BCUT2D eigenvalue weighted by Crippen LogP contribution is 2.24. The second kappa shape index (κ2) is 5.96. The second-order valence-electron chi connectivity index (χ2n) is 4.37. The number of methoxy groups -OCH3 is 1. The molecule has 20 heavy (non-hydrogen) atoms. The molecule has 2 aromatic rings. The summed E-state index contributed by atoms with van der Waals surface area (Å²) in [5.41, 5.74) is 8.48. The van der Waals surface area contributed by atoms with E-state index in [1.807, 2.05) is 25.1 Å².